The SMILES string of the molecule is COc1ccc(OC)c(CN(C(=O)CCc2ccsc2)C2CC2)c1. The number of ether oxygens (including phenoxy) is 2. The Kier molecular flexibility index (Phi) is 5.41. The average Bonchev–Trinajstić information content (AvgIpc) is 3.32. The molecule has 0 saturated heterocycles. The summed E-state index contributed by atoms with van der Waals surface area (Å²) in [5.74, 6) is 1.80. The molecule has 3 rings (SSSR count). The molecule has 1 fully saturated rings. The molecule has 1 heterocycles. The van der Waals surface area contributed by atoms with Gasteiger partial charge in [0.25, 0.3) is 0 Å². The summed E-state index contributed by atoms with van der Waals surface area (Å²) in [4.78, 5) is 14.7. The zero-order valence-electron chi connectivity index (χ0n) is 14.2. The Balaban J connectivity index is 1.70. The van der Waals surface area contributed by atoms with Gasteiger partial charge in [-0.25, -0.2) is 0 Å². The first-order chi connectivity index (χ1) is 11.7. The Morgan fingerprint density at radius 2 is 2.08 bits per heavy atom. The molecule has 1 amide bonds. The monoisotopic (exact) mass is 345 g/mol. The van der Waals surface area contributed by atoms with Gasteiger partial charge in [0.05, 0.1) is 14.2 Å². The molecule has 0 spiro atoms. The second-order valence-electron chi connectivity index (χ2n) is 6.06. The van der Waals surface area contributed by atoms with Gasteiger partial charge in [-0.05, 0) is 59.9 Å². The molecule has 0 atom stereocenters. The number of rotatable bonds is 8. The van der Waals surface area contributed by atoms with Crippen LogP contribution in [0.1, 0.15) is 30.4 Å². The van der Waals surface area contributed by atoms with Crippen LogP contribution < -0.4 is 9.47 Å². The smallest absolute Gasteiger partial charge is 0.223 e. The molecule has 1 aromatic carbocycles. The lowest BCUT2D eigenvalue weighted by Gasteiger charge is -2.24. The fraction of sp³-hybridized carbons (Fsp3) is 0.421. The fourth-order valence-corrected chi connectivity index (χ4v) is 3.53. The lowest BCUT2D eigenvalue weighted by Crippen LogP contribution is -2.32. The molecule has 4 nitrogen and oxygen atoms in total. The maximum absolute atomic E-state index is 12.7. The average molecular weight is 345 g/mol. The van der Waals surface area contributed by atoms with Crippen LogP contribution in [-0.2, 0) is 17.8 Å². The van der Waals surface area contributed by atoms with E-state index in [1.165, 1.54) is 5.56 Å². The lowest BCUT2D eigenvalue weighted by molar-refractivity contribution is -0.132. The van der Waals surface area contributed by atoms with Crippen molar-refractivity contribution in [3.05, 3.63) is 46.2 Å². The Hall–Kier alpha value is -2.01. The summed E-state index contributed by atoms with van der Waals surface area (Å²) in [5.41, 5.74) is 2.23. The van der Waals surface area contributed by atoms with Crippen molar-refractivity contribution in [2.24, 2.45) is 0 Å². The van der Waals surface area contributed by atoms with Crippen molar-refractivity contribution in [2.75, 3.05) is 14.2 Å². The number of hydrogen-bond acceptors (Lipinski definition) is 4. The first kappa shape index (κ1) is 16.8. The highest BCUT2D eigenvalue weighted by Gasteiger charge is 2.32. The molecule has 1 aromatic heterocycles. The van der Waals surface area contributed by atoms with E-state index in [9.17, 15) is 4.79 Å². The normalized spacial score (nSPS) is 13.6. The van der Waals surface area contributed by atoms with Gasteiger partial charge in [-0.15, -0.1) is 0 Å². The van der Waals surface area contributed by atoms with Crippen molar-refractivity contribution in [1.29, 1.82) is 0 Å². The van der Waals surface area contributed by atoms with E-state index in [4.69, 9.17) is 9.47 Å². The van der Waals surface area contributed by atoms with Gasteiger partial charge in [-0.3, -0.25) is 4.79 Å². The number of carbonyl (C=O) groups excluding carboxylic acids is 1. The third kappa shape index (κ3) is 4.09. The van der Waals surface area contributed by atoms with Gasteiger partial charge in [0, 0.05) is 24.6 Å². The number of nitrogens with zero attached hydrogens (tertiary/aromatic N) is 1. The Labute approximate surface area is 147 Å². The second-order valence-corrected chi connectivity index (χ2v) is 6.84. The quantitative estimate of drug-likeness (QED) is 0.728. The summed E-state index contributed by atoms with van der Waals surface area (Å²) >= 11 is 1.67. The summed E-state index contributed by atoms with van der Waals surface area (Å²) < 4.78 is 10.8. The van der Waals surface area contributed by atoms with Crippen LogP contribution in [0.5, 0.6) is 11.5 Å². The van der Waals surface area contributed by atoms with Crippen molar-refractivity contribution in [3.63, 3.8) is 0 Å². The first-order valence-corrected chi connectivity index (χ1v) is 9.17. The van der Waals surface area contributed by atoms with Crippen molar-refractivity contribution < 1.29 is 14.3 Å². The predicted molar refractivity (Wildman–Crippen MR) is 95.8 cm³/mol. The topological polar surface area (TPSA) is 38.8 Å². The number of methoxy groups -OCH3 is 2. The molecular weight excluding hydrogens is 322 g/mol. The Morgan fingerprint density at radius 3 is 2.71 bits per heavy atom. The minimum absolute atomic E-state index is 0.216. The van der Waals surface area contributed by atoms with Gasteiger partial charge >= 0.3 is 0 Å². The zero-order chi connectivity index (χ0) is 16.9. The van der Waals surface area contributed by atoms with Crippen LogP contribution in [-0.4, -0.2) is 31.1 Å². The number of benzene rings is 1. The molecule has 5 heteroatoms. The first-order valence-electron chi connectivity index (χ1n) is 8.22. The van der Waals surface area contributed by atoms with E-state index in [2.05, 4.69) is 16.8 Å². The van der Waals surface area contributed by atoms with Crippen molar-refractivity contribution >= 4 is 17.2 Å². The summed E-state index contributed by atoms with van der Waals surface area (Å²) in [7, 11) is 3.31. The molecule has 128 valence electrons. The summed E-state index contributed by atoms with van der Waals surface area (Å²) in [6.07, 6.45) is 3.55. The highest BCUT2D eigenvalue weighted by Crippen LogP contribution is 2.32. The van der Waals surface area contributed by atoms with E-state index >= 15 is 0 Å². The van der Waals surface area contributed by atoms with E-state index in [0.717, 1.165) is 36.3 Å². The molecule has 0 bridgehead atoms. The zero-order valence-corrected chi connectivity index (χ0v) is 15.0. The van der Waals surface area contributed by atoms with Crippen LogP contribution in [0.25, 0.3) is 0 Å². The summed E-state index contributed by atoms with van der Waals surface area (Å²) in [6, 6.07) is 8.19. The third-order valence-corrected chi connectivity index (χ3v) is 5.08. The van der Waals surface area contributed by atoms with Gasteiger partial charge in [0.1, 0.15) is 11.5 Å². The number of amides is 1. The van der Waals surface area contributed by atoms with Gasteiger partial charge in [0.15, 0.2) is 0 Å². The van der Waals surface area contributed by atoms with E-state index in [1.54, 1.807) is 25.6 Å². The molecule has 24 heavy (non-hydrogen) atoms. The third-order valence-electron chi connectivity index (χ3n) is 4.34. The van der Waals surface area contributed by atoms with Crippen LogP contribution >= 0.6 is 11.3 Å². The van der Waals surface area contributed by atoms with Crippen molar-refractivity contribution in [1.82, 2.24) is 4.90 Å². The molecule has 0 unspecified atom stereocenters. The number of thiophene rings is 1. The largest absolute Gasteiger partial charge is 0.497 e. The molecule has 0 aliphatic heterocycles. The molecule has 0 N–H and O–H groups in total. The molecular formula is C19H23NO3S. The molecule has 0 radical (unpaired) electrons. The number of carbonyl (C=O) groups is 1. The van der Waals surface area contributed by atoms with E-state index in [-0.39, 0.29) is 5.91 Å². The maximum atomic E-state index is 12.7. The highest BCUT2D eigenvalue weighted by atomic mass is 32.1. The fourth-order valence-electron chi connectivity index (χ4n) is 2.83. The standard InChI is InChI=1S/C19H23NO3S/c1-22-17-6-7-18(23-2)15(11-17)12-20(16-4-5-16)19(21)8-3-14-9-10-24-13-14/h6-7,9-11,13,16H,3-5,8,12H2,1-2H3. The molecule has 2 aromatic rings. The van der Waals surface area contributed by atoms with Crippen molar-refractivity contribution in [3.8, 4) is 11.5 Å². The molecule has 1 aliphatic carbocycles. The van der Waals surface area contributed by atoms with E-state index in [1.807, 2.05) is 23.1 Å². The second kappa shape index (κ2) is 7.71. The minimum Gasteiger partial charge on any atom is -0.497 e. The number of hydrogen-bond donors (Lipinski definition) is 0. The van der Waals surface area contributed by atoms with Gasteiger partial charge < -0.3 is 14.4 Å². The van der Waals surface area contributed by atoms with Crippen LogP contribution in [0.3, 0.4) is 0 Å². The minimum atomic E-state index is 0.216. The van der Waals surface area contributed by atoms with Crippen LogP contribution in [0.4, 0.5) is 0 Å². The Morgan fingerprint density at radius 1 is 1.25 bits per heavy atom. The van der Waals surface area contributed by atoms with Gasteiger partial charge in [0.2, 0.25) is 5.91 Å². The van der Waals surface area contributed by atoms with Crippen LogP contribution in [0.15, 0.2) is 35.0 Å². The van der Waals surface area contributed by atoms with Crippen LogP contribution in [0.2, 0.25) is 0 Å². The predicted octanol–water partition coefficient (Wildman–Crippen LogP) is 3.89. The van der Waals surface area contributed by atoms with E-state index in [0.29, 0.717) is 19.0 Å². The summed E-state index contributed by atoms with van der Waals surface area (Å²) in [5, 5.41) is 4.17. The number of aryl methyl sites for hydroxylation is 1. The molecule has 1 saturated carbocycles. The van der Waals surface area contributed by atoms with Crippen LogP contribution in [0, 0.1) is 0 Å². The summed E-state index contributed by atoms with van der Waals surface area (Å²) in [6.45, 7) is 0.577. The lowest BCUT2D eigenvalue weighted by atomic mass is 10.1. The molecule has 1 aliphatic rings. The van der Waals surface area contributed by atoms with Crippen molar-refractivity contribution in [2.45, 2.75) is 38.3 Å². The van der Waals surface area contributed by atoms with Gasteiger partial charge in [-0.1, -0.05) is 0 Å². The maximum Gasteiger partial charge on any atom is 0.223 e. The highest BCUT2D eigenvalue weighted by molar-refractivity contribution is 7.07. The van der Waals surface area contributed by atoms with E-state index < -0.39 is 0 Å². The van der Waals surface area contributed by atoms with Gasteiger partial charge in [-0.2, -0.15) is 11.3 Å². The Bertz CT molecular complexity index is 680.